The molecule has 0 radical (unpaired) electrons. The smallest absolute Gasteiger partial charge is 0.270 e. The van der Waals surface area contributed by atoms with Crippen LogP contribution >= 0.6 is 0 Å². The Morgan fingerprint density at radius 1 is 1.03 bits per heavy atom. The minimum absolute atomic E-state index is 0.0278. The summed E-state index contributed by atoms with van der Waals surface area (Å²) in [5, 5.41) is 17.0. The Labute approximate surface area is 205 Å². The molecule has 3 aromatic carbocycles. The van der Waals surface area contributed by atoms with E-state index < -0.39 is 35.2 Å². The average Bonchev–Trinajstić information content (AvgIpc) is 3.45. The molecule has 10 heteroatoms. The van der Waals surface area contributed by atoms with Gasteiger partial charge in [-0.2, -0.15) is 5.10 Å². The van der Waals surface area contributed by atoms with Gasteiger partial charge in [-0.15, -0.1) is 0 Å². The first-order valence-corrected chi connectivity index (χ1v) is 11.1. The number of benzene rings is 3. The fourth-order valence-corrected chi connectivity index (χ4v) is 4.37. The van der Waals surface area contributed by atoms with Gasteiger partial charge in [0.15, 0.2) is 0 Å². The van der Waals surface area contributed by atoms with Crippen molar-refractivity contribution < 1.29 is 24.0 Å². The van der Waals surface area contributed by atoms with Gasteiger partial charge in [-0.3, -0.25) is 29.4 Å². The normalized spacial score (nSPS) is 16.7. The number of nitrogens with zero attached hydrogens (tertiary/aromatic N) is 4. The summed E-state index contributed by atoms with van der Waals surface area (Å²) >= 11 is 0. The lowest BCUT2D eigenvalue weighted by molar-refractivity contribution is -0.384. The highest BCUT2D eigenvalue weighted by Gasteiger charge is 2.41. The molecule has 2 aliphatic heterocycles. The molecular weight excluding hydrogens is 464 g/mol. The molecule has 180 valence electrons. The van der Waals surface area contributed by atoms with Crippen LogP contribution in [0.5, 0.6) is 5.75 Å². The van der Waals surface area contributed by atoms with Crippen LogP contribution in [-0.2, 0) is 4.79 Å². The molecule has 0 bridgehead atoms. The molecule has 0 saturated heterocycles. The third-order valence-electron chi connectivity index (χ3n) is 6.23. The second-order valence-electron chi connectivity index (χ2n) is 8.33. The highest BCUT2D eigenvalue weighted by molar-refractivity contribution is 6.22. The highest BCUT2D eigenvalue weighted by atomic mass is 16.6. The van der Waals surface area contributed by atoms with Crippen LogP contribution in [0.15, 0.2) is 77.9 Å². The number of carbonyl (C=O) groups excluding carboxylic acids is 3. The Morgan fingerprint density at radius 3 is 2.39 bits per heavy atom. The minimum atomic E-state index is -0.750. The first-order valence-electron chi connectivity index (χ1n) is 11.1. The van der Waals surface area contributed by atoms with Gasteiger partial charge in [0.1, 0.15) is 12.3 Å². The van der Waals surface area contributed by atoms with E-state index >= 15 is 0 Å². The number of nitro groups is 1. The third kappa shape index (κ3) is 3.98. The average molecular weight is 484 g/mol. The number of carbonyl (C=O) groups is 3. The van der Waals surface area contributed by atoms with Crippen LogP contribution in [0, 0.1) is 10.1 Å². The molecule has 0 fully saturated rings. The Morgan fingerprint density at radius 2 is 1.72 bits per heavy atom. The second kappa shape index (κ2) is 9.06. The van der Waals surface area contributed by atoms with Crippen molar-refractivity contribution in [2.45, 2.75) is 12.5 Å². The van der Waals surface area contributed by atoms with Crippen LogP contribution in [0.1, 0.15) is 44.3 Å². The number of imide groups is 1. The van der Waals surface area contributed by atoms with E-state index in [2.05, 4.69) is 5.10 Å². The summed E-state index contributed by atoms with van der Waals surface area (Å²) in [6, 6.07) is 19.7. The predicted molar refractivity (Wildman–Crippen MR) is 129 cm³/mol. The Balaban J connectivity index is 1.44. The molecule has 0 saturated carbocycles. The maximum absolute atomic E-state index is 13.4. The van der Waals surface area contributed by atoms with E-state index in [0.717, 1.165) is 28.2 Å². The van der Waals surface area contributed by atoms with E-state index in [1.807, 2.05) is 42.5 Å². The van der Waals surface area contributed by atoms with Gasteiger partial charge in [-0.05, 0) is 29.3 Å². The molecule has 0 spiro atoms. The number of amides is 3. The second-order valence-corrected chi connectivity index (χ2v) is 8.33. The van der Waals surface area contributed by atoms with E-state index in [4.69, 9.17) is 4.74 Å². The van der Waals surface area contributed by atoms with Gasteiger partial charge < -0.3 is 4.74 Å². The number of hydrazone groups is 1. The number of fused-ring (bicyclic) bond motifs is 1. The molecule has 2 heterocycles. The van der Waals surface area contributed by atoms with Gasteiger partial charge in [-0.1, -0.05) is 42.5 Å². The minimum Gasteiger partial charge on any atom is -0.497 e. The van der Waals surface area contributed by atoms with Crippen LogP contribution in [-0.4, -0.2) is 51.9 Å². The van der Waals surface area contributed by atoms with Crippen molar-refractivity contribution in [3.8, 4) is 5.75 Å². The molecule has 1 atom stereocenters. The summed E-state index contributed by atoms with van der Waals surface area (Å²) in [6.45, 7) is -0.543. The monoisotopic (exact) mass is 484 g/mol. The first kappa shape index (κ1) is 22.9. The molecule has 0 unspecified atom stereocenters. The standard InChI is InChI=1S/C26H20N4O6/c1-36-19-10-7-17(8-11-19)23-14-22(16-5-3-2-4-6-16)27-29(23)24(31)15-28-25(32)20-12-9-18(30(34)35)13-21(20)26(28)33/h2-13,23H,14-15H2,1H3/t23-/m1/s1. The van der Waals surface area contributed by atoms with Gasteiger partial charge in [0.2, 0.25) is 0 Å². The van der Waals surface area contributed by atoms with Gasteiger partial charge in [0, 0.05) is 18.6 Å². The molecule has 2 aliphatic rings. The number of non-ortho nitro benzene ring substituents is 1. The lowest BCUT2D eigenvalue weighted by Gasteiger charge is -2.24. The van der Waals surface area contributed by atoms with Crippen LogP contribution in [0.4, 0.5) is 5.69 Å². The zero-order valence-electron chi connectivity index (χ0n) is 19.2. The quantitative estimate of drug-likeness (QED) is 0.299. The lowest BCUT2D eigenvalue weighted by Crippen LogP contribution is -2.41. The topological polar surface area (TPSA) is 122 Å². The molecule has 0 aromatic heterocycles. The fraction of sp³-hybridized carbons (Fsp3) is 0.154. The van der Waals surface area contributed by atoms with Crippen LogP contribution in [0.3, 0.4) is 0 Å². The SMILES string of the molecule is COc1ccc([C@H]2CC(c3ccccc3)=NN2C(=O)CN2C(=O)c3ccc([N+](=O)[O-])cc3C2=O)cc1. The zero-order valence-corrected chi connectivity index (χ0v) is 19.2. The summed E-state index contributed by atoms with van der Waals surface area (Å²) in [4.78, 5) is 50.5. The molecular formula is C26H20N4O6. The number of methoxy groups -OCH3 is 1. The zero-order chi connectivity index (χ0) is 25.4. The highest BCUT2D eigenvalue weighted by Crippen LogP contribution is 2.34. The van der Waals surface area contributed by atoms with Crippen molar-refractivity contribution in [3.05, 3.63) is 105 Å². The summed E-state index contributed by atoms with van der Waals surface area (Å²) in [5.41, 5.74) is 2.00. The van der Waals surface area contributed by atoms with E-state index in [-0.39, 0.29) is 16.8 Å². The molecule has 3 aromatic rings. The van der Waals surface area contributed by atoms with Crippen molar-refractivity contribution in [3.63, 3.8) is 0 Å². The van der Waals surface area contributed by atoms with Crippen molar-refractivity contribution in [2.24, 2.45) is 5.10 Å². The van der Waals surface area contributed by atoms with E-state index in [0.29, 0.717) is 17.9 Å². The number of nitro benzene ring substituents is 1. The maximum atomic E-state index is 13.4. The molecule has 36 heavy (non-hydrogen) atoms. The molecule has 0 N–H and O–H groups in total. The van der Waals surface area contributed by atoms with E-state index in [1.54, 1.807) is 19.2 Å². The Bertz CT molecular complexity index is 1420. The molecule has 0 aliphatic carbocycles. The van der Waals surface area contributed by atoms with Gasteiger partial charge in [-0.25, -0.2) is 5.01 Å². The summed E-state index contributed by atoms with van der Waals surface area (Å²) in [7, 11) is 1.56. The third-order valence-corrected chi connectivity index (χ3v) is 6.23. The van der Waals surface area contributed by atoms with Crippen LogP contribution in [0.25, 0.3) is 0 Å². The number of rotatable bonds is 6. The summed E-state index contributed by atoms with van der Waals surface area (Å²) < 4.78 is 5.23. The molecule has 5 rings (SSSR count). The summed E-state index contributed by atoms with van der Waals surface area (Å²) in [5.74, 6) is -1.31. The summed E-state index contributed by atoms with van der Waals surface area (Å²) in [6.07, 6.45) is 0.441. The van der Waals surface area contributed by atoms with Crippen molar-refractivity contribution in [1.29, 1.82) is 0 Å². The van der Waals surface area contributed by atoms with Crippen LogP contribution in [0.2, 0.25) is 0 Å². The van der Waals surface area contributed by atoms with Gasteiger partial charge in [0.05, 0.1) is 34.9 Å². The number of hydrogen-bond acceptors (Lipinski definition) is 7. The van der Waals surface area contributed by atoms with Gasteiger partial charge in [0.25, 0.3) is 23.4 Å². The van der Waals surface area contributed by atoms with Crippen molar-refractivity contribution in [2.75, 3.05) is 13.7 Å². The molecule has 3 amide bonds. The van der Waals surface area contributed by atoms with E-state index in [9.17, 15) is 24.5 Å². The largest absolute Gasteiger partial charge is 0.497 e. The van der Waals surface area contributed by atoms with Gasteiger partial charge >= 0.3 is 0 Å². The Kier molecular flexibility index (Phi) is 5.77. The number of hydrogen-bond donors (Lipinski definition) is 0. The predicted octanol–water partition coefficient (Wildman–Crippen LogP) is 3.58. The van der Waals surface area contributed by atoms with Crippen molar-refractivity contribution in [1.82, 2.24) is 9.91 Å². The molecule has 10 nitrogen and oxygen atoms in total. The lowest BCUT2D eigenvalue weighted by atomic mass is 9.98. The van der Waals surface area contributed by atoms with Crippen molar-refractivity contribution >= 4 is 29.1 Å². The Hall–Kier alpha value is -4.86. The maximum Gasteiger partial charge on any atom is 0.270 e. The fourth-order valence-electron chi connectivity index (χ4n) is 4.37. The first-order chi connectivity index (χ1) is 17.4. The van der Waals surface area contributed by atoms with E-state index in [1.165, 1.54) is 11.1 Å². The van der Waals surface area contributed by atoms with Crippen LogP contribution < -0.4 is 4.74 Å². The number of ether oxygens (including phenoxy) is 1.